The van der Waals surface area contributed by atoms with Gasteiger partial charge in [0, 0.05) is 19.8 Å². The summed E-state index contributed by atoms with van der Waals surface area (Å²) < 4.78 is 7.42. The van der Waals surface area contributed by atoms with Crippen LogP contribution in [-0.2, 0) is 11.3 Å². The van der Waals surface area contributed by atoms with Crippen molar-refractivity contribution in [2.24, 2.45) is 5.92 Å². The Hall–Kier alpha value is -3.47. The normalized spacial score (nSPS) is 14.5. The average Bonchev–Trinajstić information content (AvgIpc) is 3.09. The van der Waals surface area contributed by atoms with Crippen LogP contribution in [0.15, 0.2) is 48.5 Å². The first-order valence-electron chi connectivity index (χ1n) is 10.5. The van der Waals surface area contributed by atoms with Crippen LogP contribution in [-0.4, -0.2) is 33.7 Å². The van der Waals surface area contributed by atoms with E-state index >= 15 is 0 Å². The maximum Gasteiger partial charge on any atom is 0.258 e. The average molecular weight is 446 g/mol. The molecule has 8 heteroatoms. The Morgan fingerprint density at radius 2 is 1.81 bits per heavy atom. The zero-order chi connectivity index (χ0) is 22.1. The molecule has 0 aliphatic carbocycles. The van der Waals surface area contributed by atoms with E-state index in [0.717, 1.165) is 18.4 Å². The molecule has 160 valence electrons. The fourth-order valence-corrected chi connectivity index (χ4v) is 4.34. The molecule has 1 fully saturated rings. The number of fused-ring (bicyclic) bond motifs is 2. The van der Waals surface area contributed by atoms with Crippen molar-refractivity contribution in [2.75, 3.05) is 18.5 Å². The van der Waals surface area contributed by atoms with Crippen molar-refractivity contribution in [3.63, 3.8) is 0 Å². The van der Waals surface area contributed by atoms with Gasteiger partial charge in [0.2, 0.25) is 0 Å². The van der Waals surface area contributed by atoms with Gasteiger partial charge in [-0.1, -0.05) is 35.9 Å². The predicted octanol–water partition coefficient (Wildman–Crippen LogP) is 4.79. The fraction of sp³-hybridized carbons (Fsp3) is 0.250. The summed E-state index contributed by atoms with van der Waals surface area (Å²) in [6.45, 7) is 2.00. The molecule has 1 saturated heterocycles. The monoisotopic (exact) mass is 445 g/mol. The molecule has 1 aliphatic rings. The van der Waals surface area contributed by atoms with Crippen LogP contribution in [0.2, 0.25) is 5.02 Å². The number of aromatic nitrogens is 3. The number of nitrogens with one attached hydrogen (secondary N) is 1. The topological polar surface area (TPSA) is 92.8 Å². The van der Waals surface area contributed by atoms with E-state index in [1.54, 1.807) is 24.3 Å². The molecule has 4 aromatic rings. The summed E-state index contributed by atoms with van der Waals surface area (Å²) in [5.74, 6) is 0.358. The number of rotatable bonds is 4. The zero-order valence-electron chi connectivity index (χ0n) is 17.2. The van der Waals surface area contributed by atoms with Gasteiger partial charge in [0.15, 0.2) is 5.65 Å². The molecule has 2 aromatic carbocycles. The van der Waals surface area contributed by atoms with Crippen molar-refractivity contribution in [1.82, 2.24) is 14.5 Å². The number of anilines is 1. The third-order valence-corrected chi connectivity index (χ3v) is 6.12. The molecule has 2 aromatic heterocycles. The molecule has 1 amide bonds. The zero-order valence-corrected chi connectivity index (χ0v) is 18.0. The number of carbonyl (C=O) groups excluding carboxylic acids is 1. The molecule has 0 radical (unpaired) electrons. The minimum atomic E-state index is -0.382. The van der Waals surface area contributed by atoms with Crippen LogP contribution in [0.3, 0.4) is 0 Å². The minimum Gasteiger partial charge on any atom is -0.381 e. The number of benzene rings is 2. The maximum absolute atomic E-state index is 13.1. The minimum absolute atomic E-state index is 0.297. The summed E-state index contributed by atoms with van der Waals surface area (Å²) in [7, 11) is 0. The Labute approximate surface area is 189 Å². The van der Waals surface area contributed by atoms with E-state index < -0.39 is 0 Å². The van der Waals surface area contributed by atoms with Crippen LogP contribution >= 0.6 is 11.6 Å². The number of hydrogen-bond acceptors (Lipinski definition) is 5. The van der Waals surface area contributed by atoms with Gasteiger partial charge in [-0.05, 0) is 43.0 Å². The molecule has 0 bridgehead atoms. The second-order valence-corrected chi connectivity index (χ2v) is 8.23. The first kappa shape index (κ1) is 20.4. The van der Waals surface area contributed by atoms with Crippen LogP contribution in [0.25, 0.3) is 22.2 Å². The van der Waals surface area contributed by atoms with Crippen molar-refractivity contribution in [3.8, 4) is 6.07 Å². The fourth-order valence-electron chi connectivity index (χ4n) is 4.12. The van der Waals surface area contributed by atoms with E-state index in [0.29, 0.717) is 64.3 Å². The Morgan fingerprint density at radius 3 is 2.53 bits per heavy atom. The molecule has 5 rings (SSSR count). The van der Waals surface area contributed by atoms with Gasteiger partial charge in [-0.3, -0.25) is 4.79 Å². The van der Waals surface area contributed by atoms with E-state index in [2.05, 4.69) is 11.4 Å². The molecule has 1 aliphatic heterocycles. The van der Waals surface area contributed by atoms with E-state index in [-0.39, 0.29) is 5.91 Å². The van der Waals surface area contributed by atoms with Gasteiger partial charge < -0.3 is 14.6 Å². The number of para-hydroxylation sites is 2. The quantitative estimate of drug-likeness (QED) is 0.487. The van der Waals surface area contributed by atoms with Crippen molar-refractivity contribution in [3.05, 3.63) is 64.7 Å². The van der Waals surface area contributed by atoms with Crippen molar-refractivity contribution < 1.29 is 9.53 Å². The van der Waals surface area contributed by atoms with E-state index in [9.17, 15) is 10.1 Å². The highest BCUT2D eigenvalue weighted by Crippen LogP contribution is 2.32. The lowest BCUT2D eigenvalue weighted by atomic mass is 10.0. The highest BCUT2D eigenvalue weighted by atomic mass is 35.5. The molecule has 3 heterocycles. The summed E-state index contributed by atoms with van der Waals surface area (Å²) in [5.41, 5.74) is 3.13. The Morgan fingerprint density at radius 1 is 1.12 bits per heavy atom. The van der Waals surface area contributed by atoms with Gasteiger partial charge in [-0.2, -0.15) is 5.26 Å². The maximum atomic E-state index is 13.1. The van der Waals surface area contributed by atoms with Gasteiger partial charge in [0.1, 0.15) is 23.0 Å². The largest absolute Gasteiger partial charge is 0.381 e. The first-order chi connectivity index (χ1) is 15.7. The van der Waals surface area contributed by atoms with Gasteiger partial charge in [-0.25, -0.2) is 9.97 Å². The summed E-state index contributed by atoms with van der Waals surface area (Å²) in [6, 6.07) is 16.6. The summed E-state index contributed by atoms with van der Waals surface area (Å²) in [4.78, 5) is 22.6. The second kappa shape index (κ2) is 8.58. The smallest absolute Gasteiger partial charge is 0.258 e. The van der Waals surface area contributed by atoms with Crippen LogP contribution in [0, 0.1) is 17.2 Å². The SMILES string of the molecule is N#Cc1c(NC(=O)c2ccccc2Cl)n(CC2CCOCC2)c2nc3ccccc3nc12. The number of ether oxygens (including phenoxy) is 1. The van der Waals surface area contributed by atoms with Crippen LogP contribution in [0.5, 0.6) is 0 Å². The Kier molecular flexibility index (Phi) is 5.48. The highest BCUT2D eigenvalue weighted by Gasteiger charge is 2.25. The molecule has 32 heavy (non-hydrogen) atoms. The van der Waals surface area contributed by atoms with Crippen LogP contribution in [0.1, 0.15) is 28.8 Å². The number of nitriles is 1. The van der Waals surface area contributed by atoms with Crippen LogP contribution < -0.4 is 5.32 Å². The number of carbonyl (C=O) groups is 1. The van der Waals surface area contributed by atoms with Gasteiger partial charge in [0.05, 0.1) is 21.6 Å². The predicted molar refractivity (Wildman–Crippen MR) is 123 cm³/mol. The third kappa shape index (κ3) is 3.68. The lowest BCUT2D eigenvalue weighted by molar-refractivity contribution is 0.0617. The highest BCUT2D eigenvalue weighted by molar-refractivity contribution is 6.34. The number of halogens is 1. The molecule has 7 nitrogen and oxygen atoms in total. The molecule has 0 atom stereocenters. The van der Waals surface area contributed by atoms with E-state index in [4.69, 9.17) is 26.3 Å². The molecule has 0 spiro atoms. The lowest BCUT2D eigenvalue weighted by Crippen LogP contribution is -2.23. The standard InChI is InChI=1S/C24H20ClN5O2/c25-18-6-2-1-5-16(18)24(31)29-22-17(13-26)21-23(28-20-8-4-3-7-19(20)27-21)30(22)14-15-9-11-32-12-10-15/h1-8,15H,9-12,14H2,(H,29,31). The second-order valence-electron chi connectivity index (χ2n) is 7.82. The van der Waals surface area contributed by atoms with Crippen LogP contribution in [0.4, 0.5) is 5.82 Å². The number of hydrogen-bond donors (Lipinski definition) is 1. The summed E-state index contributed by atoms with van der Waals surface area (Å²) >= 11 is 6.23. The van der Waals surface area contributed by atoms with Gasteiger partial charge in [0.25, 0.3) is 5.91 Å². The van der Waals surface area contributed by atoms with Gasteiger partial charge in [-0.15, -0.1) is 0 Å². The third-order valence-electron chi connectivity index (χ3n) is 5.80. The Balaban J connectivity index is 1.67. The van der Waals surface area contributed by atoms with Gasteiger partial charge >= 0.3 is 0 Å². The van der Waals surface area contributed by atoms with Crippen molar-refractivity contribution >= 4 is 45.5 Å². The number of nitrogens with zero attached hydrogens (tertiary/aromatic N) is 4. The Bertz CT molecular complexity index is 1370. The number of amides is 1. The van der Waals surface area contributed by atoms with E-state index in [1.165, 1.54) is 0 Å². The molecular weight excluding hydrogens is 426 g/mol. The summed E-state index contributed by atoms with van der Waals surface area (Å²) in [5, 5.41) is 13.3. The van der Waals surface area contributed by atoms with E-state index in [1.807, 2.05) is 28.8 Å². The molecular formula is C24H20ClN5O2. The lowest BCUT2D eigenvalue weighted by Gasteiger charge is -2.23. The molecule has 0 saturated carbocycles. The first-order valence-corrected chi connectivity index (χ1v) is 10.9. The molecule has 1 N–H and O–H groups in total. The molecule has 0 unspecified atom stereocenters. The summed E-state index contributed by atoms with van der Waals surface area (Å²) in [6.07, 6.45) is 1.81. The van der Waals surface area contributed by atoms with Crippen molar-refractivity contribution in [2.45, 2.75) is 19.4 Å². The van der Waals surface area contributed by atoms with Crippen molar-refractivity contribution in [1.29, 1.82) is 5.26 Å².